The van der Waals surface area contributed by atoms with E-state index in [0.29, 0.717) is 0 Å². The monoisotopic (exact) mass is 142 g/mol. The molecule has 3 heteroatoms. The van der Waals surface area contributed by atoms with E-state index in [1.807, 2.05) is 7.05 Å². The third kappa shape index (κ3) is 1.70. The molecule has 0 aromatic heterocycles. The highest BCUT2D eigenvalue weighted by Crippen LogP contribution is 2.33. The van der Waals surface area contributed by atoms with Crippen LogP contribution >= 0.6 is 0 Å². The van der Waals surface area contributed by atoms with Crippen LogP contribution in [0.25, 0.3) is 0 Å². The Morgan fingerprint density at radius 1 is 1.60 bits per heavy atom. The quantitative estimate of drug-likeness (QED) is 0.576. The molecule has 0 heterocycles. The summed E-state index contributed by atoms with van der Waals surface area (Å²) in [6.07, 6.45) is 2.37. The Balaban J connectivity index is 2.19. The average Bonchev–Trinajstić information content (AvgIpc) is 2.64. The topological polar surface area (TPSA) is 41.1 Å². The second-order valence-corrected chi connectivity index (χ2v) is 2.94. The van der Waals surface area contributed by atoms with E-state index in [1.54, 1.807) is 6.92 Å². The lowest BCUT2D eigenvalue weighted by atomic mass is 10.3. The van der Waals surface area contributed by atoms with Crippen LogP contribution in [0.2, 0.25) is 0 Å². The van der Waals surface area contributed by atoms with Crippen molar-refractivity contribution in [2.75, 3.05) is 13.6 Å². The van der Waals surface area contributed by atoms with Gasteiger partial charge in [-0.3, -0.25) is 4.79 Å². The minimum atomic E-state index is 0.0570. The van der Waals surface area contributed by atoms with Gasteiger partial charge in [-0.2, -0.15) is 0 Å². The molecule has 1 saturated carbocycles. The number of hydrogen-bond acceptors (Lipinski definition) is 2. The summed E-state index contributed by atoms with van der Waals surface area (Å²) in [5, 5.41) is 5.99. The molecule has 0 saturated heterocycles. The van der Waals surface area contributed by atoms with Crippen LogP contribution in [0.5, 0.6) is 0 Å². The normalized spacial score (nSPS) is 20.2. The van der Waals surface area contributed by atoms with Gasteiger partial charge in [-0.25, -0.2) is 0 Å². The zero-order chi connectivity index (χ0) is 7.61. The summed E-state index contributed by atoms with van der Waals surface area (Å²) in [6.45, 7) is 2.32. The van der Waals surface area contributed by atoms with Gasteiger partial charge in [0, 0.05) is 19.0 Å². The molecule has 0 aromatic rings. The van der Waals surface area contributed by atoms with E-state index in [1.165, 1.54) is 12.8 Å². The van der Waals surface area contributed by atoms with Crippen LogP contribution in [0.4, 0.5) is 0 Å². The number of carbonyl (C=O) groups is 1. The first-order valence-corrected chi connectivity index (χ1v) is 3.62. The van der Waals surface area contributed by atoms with E-state index in [9.17, 15) is 4.79 Å². The van der Waals surface area contributed by atoms with Crippen LogP contribution < -0.4 is 10.6 Å². The predicted molar refractivity (Wildman–Crippen MR) is 39.7 cm³/mol. The van der Waals surface area contributed by atoms with Crippen molar-refractivity contribution in [2.45, 2.75) is 25.3 Å². The third-order valence-corrected chi connectivity index (χ3v) is 2.06. The molecule has 0 atom stereocenters. The fourth-order valence-corrected chi connectivity index (χ4v) is 0.960. The number of amides is 1. The number of likely N-dealkylation sites (N-methyl/N-ethyl adjacent to an activating group) is 1. The lowest BCUT2D eigenvalue weighted by molar-refractivity contribution is -0.119. The first-order valence-electron chi connectivity index (χ1n) is 3.62. The highest BCUT2D eigenvalue weighted by molar-refractivity contribution is 5.72. The second-order valence-electron chi connectivity index (χ2n) is 2.94. The summed E-state index contributed by atoms with van der Waals surface area (Å²) in [4.78, 5) is 10.5. The summed E-state index contributed by atoms with van der Waals surface area (Å²) in [5.74, 6) is 0.0570. The van der Waals surface area contributed by atoms with Crippen LogP contribution in [0, 0.1) is 0 Å². The molecule has 1 aliphatic rings. The lowest BCUT2D eigenvalue weighted by Gasteiger charge is -2.13. The largest absolute Gasteiger partial charge is 0.354 e. The summed E-state index contributed by atoms with van der Waals surface area (Å²) in [7, 11) is 1.94. The van der Waals surface area contributed by atoms with E-state index < -0.39 is 0 Å². The van der Waals surface area contributed by atoms with Crippen molar-refractivity contribution < 1.29 is 4.79 Å². The number of carbonyl (C=O) groups excluding carboxylic acids is 1. The van der Waals surface area contributed by atoms with Gasteiger partial charge in [0.25, 0.3) is 0 Å². The van der Waals surface area contributed by atoms with E-state index in [-0.39, 0.29) is 11.4 Å². The lowest BCUT2D eigenvalue weighted by Crippen LogP contribution is -2.40. The molecule has 0 spiro atoms. The number of nitrogens with one attached hydrogen (secondary N) is 2. The van der Waals surface area contributed by atoms with Crippen LogP contribution in [0.3, 0.4) is 0 Å². The molecule has 1 aliphatic carbocycles. The predicted octanol–water partition coefficient (Wildman–Crippen LogP) is -0.126. The van der Waals surface area contributed by atoms with Crippen LogP contribution in [-0.2, 0) is 4.79 Å². The van der Waals surface area contributed by atoms with E-state index >= 15 is 0 Å². The highest BCUT2D eigenvalue weighted by atomic mass is 16.1. The van der Waals surface area contributed by atoms with Crippen LogP contribution in [0.1, 0.15) is 19.8 Å². The standard InChI is InChI=1S/C7H14N2O/c1-6(10)9-5-7(8-2)3-4-7/h8H,3-5H2,1-2H3,(H,9,10). The van der Waals surface area contributed by atoms with Gasteiger partial charge in [0.1, 0.15) is 0 Å². The maximum Gasteiger partial charge on any atom is 0.216 e. The first-order chi connectivity index (χ1) is 4.68. The minimum Gasteiger partial charge on any atom is -0.354 e. The summed E-state index contributed by atoms with van der Waals surface area (Å²) in [6, 6.07) is 0. The van der Waals surface area contributed by atoms with Crippen LogP contribution in [-0.4, -0.2) is 25.0 Å². The fraction of sp³-hybridized carbons (Fsp3) is 0.857. The van der Waals surface area contributed by atoms with Gasteiger partial charge in [-0.15, -0.1) is 0 Å². The zero-order valence-electron chi connectivity index (χ0n) is 6.53. The molecule has 10 heavy (non-hydrogen) atoms. The molecular formula is C7H14N2O. The molecule has 0 aliphatic heterocycles. The summed E-state index contributed by atoms with van der Waals surface area (Å²) in [5.41, 5.74) is 0.242. The molecule has 3 nitrogen and oxygen atoms in total. The molecule has 0 aromatic carbocycles. The maximum atomic E-state index is 10.5. The van der Waals surface area contributed by atoms with Crippen LogP contribution in [0.15, 0.2) is 0 Å². The Bertz CT molecular complexity index is 141. The number of rotatable bonds is 3. The maximum absolute atomic E-state index is 10.5. The van der Waals surface area contributed by atoms with Crippen molar-refractivity contribution in [3.63, 3.8) is 0 Å². The number of hydrogen-bond donors (Lipinski definition) is 2. The second kappa shape index (κ2) is 2.58. The van der Waals surface area contributed by atoms with Crippen molar-refractivity contribution >= 4 is 5.91 Å². The Labute approximate surface area is 61.2 Å². The van der Waals surface area contributed by atoms with Gasteiger partial charge in [0.15, 0.2) is 0 Å². The Morgan fingerprint density at radius 2 is 2.20 bits per heavy atom. The molecule has 0 bridgehead atoms. The minimum absolute atomic E-state index is 0.0570. The molecule has 1 fully saturated rings. The van der Waals surface area contributed by atoms with E-state index in [2.05, 4.69) is 10.6 Å². The molecule has 2 N–H and O–H groups in total. The summed E-state index contributed by atoms with van der Waals surface area (Å²) >= 11 is 0. The van der Waals surface area contributed by atoms with Gasteiger partial charge in [-0.1, -0.05) is 0 Å². The molecule has 0 unspecified atom stereocenters. The Kier molecular flexibility index (Phi) is 1.94. The van der Waals surface area contributed by atoms with Gasteiger partial charge in [0.05, 0.1) is 0 Å². The highest BCUT2D eigenvalue weighted by Gasteiger charge is 2.40. The Morgan fingerprint density at radius 3 is 2.50 bits per heavy atom. The van der Waals surface area contributed by atoms with Gasteiger partial charge >= 0.3 is 0 Å². The zero-order valence-corrected chi connectivity index (χ0v) is 6.53. The van der Waals surface area contributed by atoms with Crippen molar-refractivity contribution in [3.05, 3.63) is 0 Å². The van der Waals surface area contributed by atoms with Gasteiger partial charge in [0.2, 0.25) is 5.91 Å². The molecule has 1 amide bonds. The Hall–Kier alpha value is -0.570. The van der Waals surface area contributed by atoms with Gasteiger partial charge < -0.3 is 10.6 Å². The third-order valence-electron chi connectivity index (χ3n) is 2.06. The van der Waals surface area contributed by atoms with E-state index in [4.69, 9.17) is 0 Å². The average molecular weight is 142 g/mol. The molecule has 0 radical (unpaired) electrons. The van der Waals surface area contributed by atoms with E-state index in [0.717, 1.165) is 6.54 Å². The SMILES string of the molecule is CNC1(CNC(C)=O)CC1. The van der Waals surface area contributed by atoms with Crippen molar-refractivity contribution in [3.8, 4) is 0 Å². The van der Waals surface area contributed by atoms with Crippen molar-refractivity contribution in [1.29, 1.82) is 0 Å². The van der Waals surface area contributed by atoms with Crippen molar-refractivity contribution in [2.24, 2.45) is 0 Å². The molecule has 58 valence electrons. The van der Waals surface area contributed by atoms with Gasteiger partial charge in [-0.05, 0) is 19.9 Å². The smallest absolute Gasteiger partial charge is 0.216 e. The molecule has 1 rings (SSSR count). The van der Waals surface area contributed by atoms with Crippen molar-refractivity contribution in [1.82, 2.24) is 10.6 Å². The fourth-order valence-electron chi connectivity index (χ4n) is 0.960. The first kappa shape index (κ1) is 7.54. The summed E-state index contributed by atoms with van der Waals surface area (Å²) < 4.78 is 0. The molecular weight excluding hydrogens is 128 g/mol.